The van der Waals surface area contributed by atoms with Gasteiger partial charge in [-0.3, -0.25) is 4.90 Å². The molecule has 0 bridgehead atoms. The lowest BCUT2D eigenvalue weighted by Gasteiger charge is -2.25. The van der Waals surface area contributed by atoms with E-state index in [0.717, 1.165) is 17.1 Å². The van der Waals surface area contributed by atoms with E-state index >= 15 is 0 Å². The summed E-state index contributed by atoms with van der Waals surface area (Å²) in [6.07, 6.45) is 0. The summed E-state index contributed by atoms with van der Waals surface area (Å²) in [6.45, 7) is 1.84. The molecule has 2 aromatic rings. The molecule has 1 heterocycles. The number of hydrogen-bond acceptors (Lipinski definition) is 4. The van der Waals surface area contributed by atoms with Gasteiger partial charge in [0.05, 0.1) is 6.07 Å². The third kappa shape index (κ3) is 3.05. The van der Waals surface area contributed by atoms with Crippen LogP contribution in [0.1, 0.15) is 17.2 Å². The van der Waals surface area contributed by atoms with Gasteiger partial charge in [0.1, 0.15) is 19.3 Å². The molecule has 0 fully saturated rings. The summed E-state index contributed by atoms with van der Waals surface area (Å²) in [6, 6.07) is 17.9. The maximum Gasteiger partial charge on any atom is 0.161 e. The van der Waals surface area contributed by atoms with Gasteiger partial charge < -0.3 is 9.47 Å². The molecule has 0 amide bonds. The van der Waals surface area contributed by atoms with E-state index in [2.05, 4.69) is 18.2 Å². The Kier molecular flexibility index (Phi) is 4.27. The smallest absolute Gasteiger partial charge is 0.161 e. The Morgan fingerprint density at radius 2 is 1.82 bits per heavy atom. The monoisotopic (exact) mass is 294 g/mol. The average molecular weight is 294 g/mol. The normalized spacial score (nSPS) is 14.4. The SMILES string of the molecule is CN(Cc1ccccc1)C(C#N)c1ccc2c(c1)OCCO2. The van der Waals surface area contributed by atoms with Crippen molar-refractivity contribution in [2.45, 2.75) is 12.6 Å². The lowest BCUT2D eigenvalue weighted by atomic mass is 10.0. The molecule has 3 rings (SSSR count). The third-order valence-electron chi connectivity index (χ3n) is 3.72. The van der Waals surface area contributed by atoms with Crippen molar-refractivity contribution in [2.24, 2.45) is 0 Å². The molecule has 0 aliphatic carbocycles. The zero-order valence-corrected chi connectivity index (χ0v) is 12.5. The maximum absolute atomic E-state index is 9.57. The van der Waals surface area contributed by atoms with Gasteiger partial charge in [0.2, 0.25) is 0 Å². The van der Waals surface area contributed by atoms with Gasteiger partial charge >= 0.3 is 0 Å². The van der Waals surface area contributed by atoms with Crippen LogP contribution in [-0.4, -0.2) is 25.2 Å². The molecule has 0 saturated heterocycles. The molecule has 0 saturated carbocycles. The molecule has 0 N–H and O–H groups in total. The minimum atomic E-state index is -0.323. The molecule has 0 spiro atoms. The molecule has 1 aliphatic heterocycles. The second-order valence-electron chi connectivity index (χ2n) is 5.34. The number of nitriles is 1. The van der Waals surface area contributed by atoms with Gasteiger partial charge in [-0.15, -0.1) is 0 Å². The molecule has 1 atom stereocenters. The first-order chi connectivity index (χ1) is 10.8. The van der Waals surface area contributed by atoms with Crippen molar-refractivity contribution >= 4 is 0 Å². The highest BCUT2D eigenvalue weighted by molar-refractivity contribution is 5.45. The zero-order chi connectivity index (χ0) is 15.4. The van der Waals surface area contributed by atoms with Crippen molar-refractivity contribution in [3.63, 3.8) is 0 Å². The lowest BCUT2D eigenvalue weighted by Crippen LogP contribution is -2.23. The first kappa shape index (κ1) is 14.4. The van der Waals surface area contributed by atoms with E-state index < -0.39 is 0 Å². The van der Waals surface area contributed by atoms with Gasteiger partial charge in [0, 0.05) is 6.54 Å². The Hall–Kier alpha value is -2.51. The molecular formula is C18H18N2O2. The van der Waals surface area contributed by atoms with E-state index in [4.69, 9.17) is 9.47 Å². The molecule has 112 valence electrons. The molecule has 22 heavy (non-hydrogen) atoms. The van der Waals surface area contributed by atoms with Gasteiger partial charge in [-0.25, -0.2) is 0 Å². The summed E-state index contributed by atoms with van der Waals surface area (Å²) in [5.41, 5.74) is 2.10. The Balaban J connectivity index is 1.80. The van der Waals surface area contributed by atoms with Crippen LogP contribution >= 0.6 is 0 Å². The van der Waals surface area contributed by atoms with E-state index in [1.54, 1.807) is 0 Å². The minimum absolute atomic E-state index is 0.323. The first-order valence-electron chi connectivity index (χ1n) is 7.31. The zero-order valence-electron chi connectivity index (χ0n) is 12.5. The van der Waals surface area contributed by atoms with Crippen LogP contribution in [0.3, 0.4) is 0 Å². The van der Waals surface area contributed by atoms with Crippen LogP contribution in [0.2, 0.25) is 0 Å². The van der Waals surface area contributed by atoms with Crippen molar-refractivity contribution in [3.05, 3.63) is 59.7 Å². The lowest BCUT2D eigenvalue weighted by molar-refractivity contribution is 0.171. The van der Waals surface area contributed by atoms with Crippen LogP contribution in [0.5, 0.6) is 11.5 Å². The van der Waals surface area contributed by atoms with Crippen LogP contribution in [0.15, 0.2) is 48.5 Å². The van der Waals surface area contributed by atoms with Crippen LogP contribution in [-0.2, 0) is 6.54 Å². The summed E-state index contributed by atoms with van der Waals surface area (Å²) < 4.78 is 11.1. The van der Waals surface area contributed by atoms with E-state index in [-0.39, 0.29) is 6.04 Å². The summed E-state index contributed by atoms with van der Waals surface area (Å²) in [5.74, 6) is 1.47. The number of hydrogen-bond donors (Lipinski definition) is 0. The fourth-order valence-corrected chi connectivity index (χ4v) is 2.62. The molecule has 4 nitrogen and oxygen atoms in total. The van der Waals surface area contributed by atoms with Crippen molar-refractivity contribution in [1.82, 2.24) is 4.90 Å². The van der Waals surface area contributed by atoms with Crippen LogP contribution in [0.4, 0.5) is 0 Å². The van der Waals surface area contributed by atoms with Gasteiger partial charge in [0.15, 0.2) is 11.5 Å². The van der Waals surface area contributed by atoms with Gasteiger partial charge in [-0.05, 0) is 30.3 Å². The fourth-order valence-electron chi connectivity index (χ4n) is 2.62. The molecule has 4 heteroatoms. The van der Waals surface area contributed by atoms with E-state index in [9.17, 15) is 5.26 Å². The molecule has 1 unspecified atom stereocenters. The number of rotatable bonds is 4. The quantitative estimate of drug-likeness (QED) is 0.869. The second-order valence-corrected chi connectivity index (χ2v) is 5.34. The van der Waals surface area contributed by atoms with Gasteiger partial charge in [0.25, 0.3) is 0 Å². The standard InChI is InChI=1S/C18H18N2O2/c1-20(13-14-5-3-2-4-6-14)16(12-19)15-7-8-17-18(11-15)22-10-9-21-17/h2-8,11,16H,9-10,13H2,1H3. The third-order valence-corrected chi connectivity index (χ3v) is 3.72. The predicted octanol–water partition coefficient (Wildman–Crippen LogP) is 3.15. The predicted molar refractivity (Wildman–Crippen MR) is 83.7 cm³/mol. The van der Waals surface area contributed by atoms with Crippen molar-refractivity contribution in [1.29, 1.82) is 5.26 Å². The molecule has 1 aliphatic rings. The Bertz CT molecular complexity index is 679. The Morgan fingerprint density at radius 3 is 2.55 bits per heavy atom. The van der Waals surface area contributed by atoms with Crippen molar-refractivity contribution < 1.29 is 9.47 Å². The second kappa shape index (κ2) is 6.50. The van der Waals surface area contributed by atoms with Gasteiger partial charge in [-0.2, -0.15) is 5.26 Å². The first-order valence-corrected chi connectivity index (χ1v) is 7.31. The summed E-state index contributed by atoms with van der Waals surface area (Å²) in [7, 11) is 1.96. The number of ether oxygens (including phenoxy) is 2. The average Bonchev–Trinajstić information content (AvgIpc) is 2.56. The largest absolute Gasteiger partial charge is 0.486 e. The molecule has 2 aromatic carbocycles. The molecular weight excluding hydrogens is 276 g/mol. The van der Waals surface area contributed by atoms with Crippen molar-refractivity contribution in [3.8, 4) is 17.6 Å². The Labute approximate surface area is 130 Å². The van der Waals surface area contributed by atoms with Gasteiger partial charge in [-0.1, -0.05) is 36.4 Å². The summed E-state index contributed by atoms with van der Waals surface area (Å²) >= 11 is 0. The molecule has 0 aromatic heterocycles. The van der Waals surface area contributed by atoms with E-state index in [1.807, 2.05) is 48.3 Å². The number of fused-ring (bicyclic) bond motifs is 1. The highest BCUT2D eigenvalue weighted by Crippen LogP contribution is 2.34. The van der Waals surface area contributed by atoms with E-state index in [1.165, 1.54) is 5.56 Å². The van der Waals surface area contributed by atoms with Crippen molar-refractivity contribution in [2.75, 3.05) is 20.3 Å². The fraction of sp³-hybridized carbons (Fsp3) is 0.278. The number of nitrogens with zero attached hydrogens (tertiary/aromatic N) is 2. The maximum atomic E-state index is 9.57. The van der Waals surface area contributed by atoms with Crippen LogP contribution < -0.4 is 9.47 Å². The highest BCUT2D eigenvalue weighted by atomic mass is 16.6. The van der Waals surface area contributed by atoms with E-state index in [0.29, 0.717) is 19.8 Å². The highest BCUT2D eigenvalue weighted by Gasteiger charge is 2.20. The van der Waals surface area contributed by atoms with Crippen LogP contribution in [0.25, 0.3) is 0 Å². The number of benzene rings is 2. The topological polar surface area (TPSA) is 45.5 Å². The molecule has 0 radical (unpaired) electrons. The Morgan fingerprint density at radius 1 is 1.09 bits per heavy atom. The summed E-state index contributed by atoms with van der Waals surface area (Å²) in [5, 5.41) is 9.57. The summed E-state index contributed by atoms with van der Waals surface area (Å²) in [4.78, 5) is 2.03. The van der Waals surface area contributed by atoms with Crippen LogP contribution in [0, 0.1) is 11.3 Å². The minimum Gasteiger partial charge on any atom is -0.486 e.